The van der Waals surface area contributed by atoms with E-state index in [1.165, 1.54) is 0 Å². The van der Waals surface area contributed by atoms with Crippen molar-refractivity contribution >= 4 is 12.4 Å². The third-order valence-electron chi connectivity index (χ3n) is 2.75. The van der Waals surface area contributed by atoms with Crippen molar-refractivity contribution in [3.63, 3.8) is 0 Å². The Morgan fingerprint density at radius 1 is 0.952 bits per heavy atom. The molecule has 0 unspecified atom stereocenters. The number of hydrogen-bond donors (Lipinski definition) is 0. The summed E-state index contributed by atoms with van der Waals surface area (Å²) in [7, 11) is 0. The van der Waals surface area contributed by atoms with Gasteiger partial charge in [0.1, 0.15) is 6.29 Å². The fourth-order valence-electron chi connectivity index (χ4n) is 1.59. The summed E-state index contributed by atoms with van der Waals surface area (Å²) in [6.07, 6.45) is -8.35. The third kappa shape index (κ3) is 4.61. The van der Waals surface area contributed by atoms with Gasteiger partial charge in [0.15, 0.2) is 0 Å². The Labute approximate surface area is 117 Å². The predicted molar refractivity (Wildman–Crippen MR) is 65.3 cm³/mol. The summed E-state index contributed by atoms with van der Waals surface area (Å²) in [5, 5.41) is 0. The first-order chi connectivity index (χ1) is 9.45. The van der Waals surface area contributed by atoms with Crippen LogP contribution in [-0.2, 0) is 17.1 Å². The maximum Gasteiger partial charge on any atom is 0.416 e. The number of allylic oxidation sites excluding steroid dienone is 1. The molecule has 0 aliphatic heterocycles. The predicted octanol–water partition coefficient (Wildman–Crippen LogP) is 4.96. The lowest BCUT2D eigenvalue weighted by Gasteiger charge is -2.13. The largest absolute Gasteiger partial charge is 0.416 e. The maximum absolute atomic E-state index is 12.7. The minimum atomic E-state index is -4.90. The third-order valence-corrected chi connectivity index (χ3v) is 2.75. The second-order valence-electron chi connectivity index (χ2n) is 4.76. The van der Waals surface area contributed by atoms with Gasteiger partial charge in [-0.3, -0.25) is 4.79 Å². The fourth-order valence-corrected chi connectivity index (χ4v) is 1.59. The molecule has 7 heteroatoms. The van der Waals surface area contributed by atoms with E-state index in [1.54, 1.807) is 13.8 Å². The van der Waals surface area contributed by atoms with Crippen molar-refractivity contribution in [2.75, 3.05) is 0 Å². The molecule has 0 atom stereocenters. The number of hydrogen-bond acceptors (Lipinski definition) is 1. The van der Waals surface area contributed by atoms with Crippen LogP contribution >= 0.6 is 0 Å². The molecule has 0 spiro atoms. The summed E-state index contributed by atoms with van der Waals surface area (Å²) in [6.45, 7) is 3.22. The Bertz CT molecular complexity index is 519. The summed E-state index contributed by atoms with van der Waals surface area (Å²) >= 11 is 0. The molecule has 1 nitrogen and oxygen atoms in total. The lowest BCUT2D eigenvalue weighted by atomic mass is 9.98. The first-order valence-corrected chi connectivity index (χ1v) is 5.91. The van der Waals surface area contributed by atoms with Gasteiger partial charge < -0.3 is 0 Å². The smallest absolute Gasteiger partial charge is 0.298 e. The minimum Gasteiger partial charge on any atom is -0.298 e. The molecule has 1 aromatic carbocycles. The molecule has 0 fully saturated rings. The highest BCUT2D eigenvalue weighted by Crippen LogP contribution is 2.36. The van der Waals surface area contributed by atoms with E-state index in [-0.39, 0.29) is 23.1 Å². The van der Waals surface area contributed by atoms with E-state index < -0.39 is 23.5 Å². The quantitative estimate of drug-likeness (QED) is 0.438. The van der Waals surface area contributed by atoms with Gasteiger partial charge in [-0.15, -0.1) is 0 Å². The minimum absolute atomic E-state index is 0.0489. The average molecular weight is 310 g/mol. The summed E-state index contributed by atoms with van der Waals surface area (Å²) in [6, 6.07) is 1.22. The van der Waals surface area contributed by atoms with E-state index >= 15 is 0 Å². The molecule has 0 amide bonds. The molecule has 0 bridgehead atoms. The highest BCUT2D eigenvalue weighted by Gasteiger charge is 2.36. The monoisotopic (exact) mass is 310 g/mol. The number of rotatable bonds is 3. The van der Waals surface area contributed by atoms with Crippen molar-refractivity contribution in [3.8, 4) is 0 Å². The number of aldehydes is 1. The second kappa shape index (κ2) is 5.91. The van der Waals surface area contributed by atoms with Crippen LogP contribution in [0, 0.1) is 5.92 Å². The Kier molecular flexibility index (Phi) is 4.86. The van der Waals surface area contributed by atoms with Crippen molar-refractivity contribution in [1.29, 1.82) is 0 Å². The van der Waals surface area contributed by atoms with Gasteiger partial charge in [-0.05, 0) is 41.3 Å². The van der Waals surface area contributed by atoms with Gasteiger partial charge in [-0.2, -0.15) is 26.3 Å². The Hall–Kier alpha value is -1.79. The Morgan fingerprint density at radius 2 is 1.38 bits per heavy atom. The van der Waals surface area contributed by atoms with Crippen LogP contribution < -0.4 is 0 Å². The van der Waals surface area contributed by atoms with Crippen molar-refractivity contribution in [2.24, 2.45) is 5.92 Å². The average Bonchev–Trinajstić information content (AvgIpc) is 2.33. The highest BCUT2D eigenvalue weighted by atomic mass is 19.4. The number of benzene rings is 1. The van der Waals surface area contributed by atoms with Gasteiger partial charge in [0.05, 0.1) is 11.1 Å². The number of halogens is 6. The van der Waals surface area contributed by atoms with Gasteiger partial charge in [0.2, 0.25) is 0 Å². The zero-order valence-electron chi connectivity index (χ0n) is 11.1. The van der Waals surface area contributed by atoms with Gasteiger partial charge >= 0.3 is 12.4 Å². The molecule has 116 valence electrons. The summed E-state index contributed by atoms with van der Waals surface area (Å²) in [5.74, 6) is -0.314. The van der Waals surface area contributed by atoms with Gasteiger partial charge in [0.25, 0.3) is 0 Å². The van der Waals surface area contributed by atoms with Gasteiger partial charge in [-0.25, -0.2) is 0 Å². The first-order valence-electron chi connectivity index (χ1n) is 5.91. The number of carbonyl (C=O) groups excluding carboxylic acids is 1. The molecule has 0 saturated heterocycles. The molecule has 1 aromatic rings. The molecule has 21 heavy (non-hydrogen) atoms. The standard InChI is InChI=1S/C14H12F6O/c1-8(2)10(7-21)3-9-4-11(13(15,16)17)6-12(5-9)14(18,19)20/h3-8H,1-2H3. The second-order valence-corrected chi connectivity index (χ2v) is 4.76. The van der Waals surface area contributed by atoms with Crippen LogP contribution in [0.15, 0.2) is 23.8 Å². The number of carbonyl (C=O) groups is 1. The van der Waals surface area contributed by atoms with Gasteiger partial charge in [-0.1, -0.05) is 13.8 Å². The van der Waals surface area contributed by atoms with Crippen LogP contribution in [0.3, 0.4) is 0 Å². The molecule has 0 aliphatic carbocycles. The normalized spacial score (nSPS) is 13.7. The van der Waals surface area contributed by atoms with Crippen LogP contribution in [0.1, 0.15) is 30.5 Å². The topological polar surface area (TPSA) is 17.1 Å². The maximum atomic E-state index is 12.7. The van der Waals surface area contributed by atoms with Crippen LogP contribution in [-0.4, -0.2) is 6.29 Å². The molecule has 0 aromatic heterocycles. The van der Waals surface area contributed by atoms with Crippen LogP contribution in [0.5, 0.6) is 0 Å². The van der Waals surface area contributed by atoms with Crippen molar-refractivity contribution in [2.45, 2.75) is 26.2 Å². The van der Waals surface area contributed by atoms with E-state index in [0.717, 1.165) is 6.08 Å². The zero-order chi connectivity index (χ0) is 16.4. The SMILES string of the molecule is CC(C)C(C=O)=Cc1cc(C(F)(F)F)cc(C(F)(F)F)c1. The molecule has 0 heterocycles. The summed E-state index contributed by atoms with van der Waals surface area (Å²) in [5.41, 5.74) is -3.01. The fraction of sp³-hybridized carbons (Fsp3) is 0.357. The van der Waals surface area contributed by atoms with E-state index in [9.17, 15) is 31.1 Å². The highest BCUT2D eigenvalue weighted by molar-refractivity contribution is 5.82. The summed E-state index contributed by atoms with van der Waals surface area (Å²) in [4.78, 5) is 10.8. The Morgan fingerprint density at radius 3 is 1.67 bits per heavy atom. The van der Waals surface area contributed by atoms with E-state index in [0.29, 0.717) is 18.4 Å². The van der Waals surface area contributed by atoms with Crippen LogP contribution in [0.2, 0.25) is 0 Å². The first kappa shape index (κ1) is 17.3. The molecule has 1 rings (SSSR count). The molecular formula is C14H12F6O. The van der Waals surface area contributed by atoms with E-state index in [4.69, 9.17) is 0 Å². The lowest BCUT2D eigenvalue weighted by Crippen LogP contribution is -2.11. The van der Waals surface area contributed by atoms with Crippen LogP contribution in [0.4, 0.5) is 26.3 Å². The Balaban J connectivity index is 3.49. The van der Waals surface area contributed by atoms with Crippen molar-refractivity contribution in [1.82, 2.24) is 0 Å². The number of alkyl halides is 6. The van der Waals surface area contributed by atoms with E-state index in [2.05, 4.69) is 0 Å². The molecule has 0 aliphatic rings. The molecule has 0 saturated carbocycles. The van der Waals surface area contributed by atoms with Crippen LogP contribution in [0.25, 0.3) is 6.08 Å². The zero-order valence-corrected chi connectivity index (χ0v) is 11.1. The molecular weight excluding hydrogens is 298 g/mol. The van der Waals surface area contributed by atoms with Crippen molar-refractivity contribution in [3.05, 3.63) is 40.5 Å². The lowest BCUT2D eigenvalue weighted by molar-refractivity contribution is -0.143. The van der Waals surface area contributed by atoms with Gasteiger partial charge in [0, 0.05) is 0 Å². The molecule has 0 N–H and O–H groups in total. The summed E-state index contributed by atoms with van der Waals surface area (Å²) < 4.78 is 75.9. The van der Waals surface area contributed by atoms with E-state index in [1.807, 2.05) is 0 Å². The van der Waals surface area contributed by atoms with Crippen molar-refractivity contribution < 1.29 is 31.1 Å². The molecule has 0 radical (unpaired) electrons.